The molecule has 0 aliphatic carbocycles. The normalized spacial score (nSPS) is 28.4. The molecule has 0 aromatic rings. The molecule has 20 heavy (non-hydrogen) atoms. The van der Waals surface area contributed by atoms with Gasteiger partial charge in [-0.3, -0.25) is 0 Å². The largest absolute Gasteiger partial charge is 0.226 e. The molecule has 0 saturated heterocycles. The molecule has 0 bridgehead atoms. The minimum atomic E-state index is -0.555. The minimum absolute atomic E-state index is 0.555. The van der Waals surface area contributed by atoms with Crippen LogP contribution in [0.25, 0.3) is 0 Å². The number of hydrogen-bond donors (Lipinski definition) is 0. The van der Waals surface area contributed by atoms with Crippen molar-refractivity contribution in [2.75, 3.05) is 0 Å². The van der Waals surface area contributed by atoms with Crippen LogP contribution in [0.15, 0.2) is 24.3 Å². The summed E-state index contributed by atoms with van der Waals surface area (Å²) >= 11 is 0. The second kappa shape index (κ2) is 5.60. The van der Waals surface area contributed by atoms with E-state index in [1.807, 2.05) is 79.7 Å². The van der Waals surface area contributed by atoms with Crippen LogP contribution in [0.3, 0.4) is 0 Å². The topological polar surface area (TPSA) is 36.9 Å². The molecule has 1 aliphatic heterocycles. The molecule has 0 aromatic heterocycles. The summed E-state index contributed by atoms with van der Waals surface area (Å²) in [5.41, 5.74) is -2.22. The molecule has 0 spiro atoms. The number of rotatable bonds is 0. The van der Waals surface area contributed by atoms with E-state index in [9.17, 15) is 0 Å². The summed E-state index contributed by atoms with van der Waals surface area (Å²) in [5.74, 6) is 0. The first-order valence-corrected chi connectivity index (χ1v) is 6.97. The average Bonchev–Trinajstić information content (AvgIpc) is 2.30. The fourth-order valence-electron chi connectivity index (χ4n) is 1.34. The summed E-state index contributed by atoms with van der Waals surface area (Å²) in [6, 6.07) is 0. The van der Waals surface area contributed by atoms with E-state index in [1.165, 1.54) is 0 Å². The molecule has 1 heterocycles. The van der Waals surface area contributed by atoms with E-state index < -0.39 is 22.4 Å². The van der Waals surface area contributed by atoms with Crippen molar-refractivity contribution >= 4 is 0 Å². The zero-order valence-electron chi connectivity index (χ0n) is 13.9. The summed E-state index contributed by atoms with van der Waals surface area (Å²) in [6.45, 7) is 15.4. The standard InChI is InChI=1S/C16H28O4/c1-13(2)9-10-14(3,4)19-20-16(7,8)12-11-15(5,6)18-17-13/h9-12H,1-8H3. The van der Waals surface area contributed by atoms with E-state index in [0.29, 0.717) is 0 Å². The molecule has 0 aromatic carbocycles. The lowest BCUT2D eigenvalue weighted by atomic mass is 10.0. The van der Waals surface area contributed by atoms with Gasteiger partial charge in [0.25, 0.3) is 0 Å². The van der Waals surface area contributed by atoms with E-state index in [2.05, 4.69) is 0 Å². The van der Waals surface area contributed by atoms with Crippen LogP contribution in [0.2, 0.25) is 0 Å². The Labute approximate surface area is 122 Å². The highest BCUT2D eigenvalue weighted by Gasteiger charge is 2.29. The molecule has 1 aliphatic rings. The third kappa shape index (κ3) is 6.18. The predicted molar refractivity (Wildman–Crippen MR) is 78.9 cm³/mol. The van der Waals surface area contributed by atoms with E-state index in [1.54, 1.807) is 0 Å². The molecule has 4 nitrogen and oxygen atoms in total. The lowest BCUT2D eigenvalue weighted by molar-refractivity contribution is -0.387. The maximum atomic E-state index is 5.54. The highest BCUT2D eigenvalue weighted by Crippen LogP contribution is 2.25. The van der Waals surface area contributed by atoms with Crippen molar-refractivity contribution in [1.29, 1.82) is 0 Å². The van der Waals surface area contributed by atoms with E-state index >= 15 is 0 Å². The zero-order chi connectivity index (χ0) is 15.7. The summed E-state index contributed by atoms with van der Waals surface area (Å²) in [7, 11) is 0. The van der Waals surface area contributed by atoms with Crippen LogP contribution in [-0.2, 0) is 19.6 Å². The van der Waals surface area contributed by atoms with Gasteiger partial charge in [-0.05, 0) is 55.4 Å². The van der Waals surface area contributed by atoms with E-state index in [4.69, 9.17) is 19.6 Å². The Bertz CT molecular complexity index is 315. The molecular formula is C16H28O4. The Kier molecular flexibility index (Phi) is 4.87. The number of hydrogen-bond acceptors (Lipinski definition) is 4. The Morgan fingerprint density at radius 3 is 0.700 bits per heavy atom. The van der Waals surface area contributed by atoms with Crippen molar-refractivity contribution in [3.63, 3.8) is 0 Å². The molecule has 0 saturated carbocycles. The van der Waals surface area contributed by atoms with Gasteiger partial charge >= 0.3 is 0 Å². The van der Waals surface area contributed by atoms with Crippen LogP contribution in [0, 0.1) is 0 Å². The van der Waals surface area contributed by atoms with Crippen LogP contribution >= 0.6 is 0 Å². The summed E-state index contributed by atoms with van der Waals surface area (Å²) in [4.78, 5) is 22.2. The molecular weight excluding hydrogens is 256 g/mol. The quantitative estimate of drug-likeness (QED) is 0.495. The maximum Gasteiger partial charge on any atom is 0.116 e. The van der Waals surface area contributed by atoms with Crippen molar-refractivity contribution in [2.24, 2.45) is 0 Å². The van der Waals surface area contributed by atoms with Crippen LogP contribution in [0.1, 0.15) is 55.4 Å². The molecule has 116 valence electrons. The third-order valence-corrected chi connectivity index (χ3v) is 2.71. The SMILES string of the molecule is CC1(C)C=CC(C)(C)OOC(C)(C)C=CC(C)(C)OO1. The van der Waals surface area contributed by atoms with Crippen LogP contribution in [-0.4, -0.2) is 22.4 Å². The first-order chi connectivity index (χ1) is 8.83. The predicted octanol–water partition coefficient (Wildman–Crippen LogP) is 4.12. The highest BCUT2D eigenvalue weighted by atomic mass is 17.2. The van der Waals surface area contributed by atoms with Gasteiger partial charge in [0.15, 0.2) is 0 Å². The molecule has 0 fully saturated rings. The third-order valence-electron chi connectivity index (χ3n) is 2.71. The van der Waals surface area contributed by atoms with Gasteiger partial charge in [-0.2, -0.15) is 0 Å². The Morgan fingerprint density at radius 2 is 0.550 bits per heavy atom. The summed E-state index contributed by atoms with van der Waals surface area (Å²) in [6.07, 6.45) is 7.63. The second-order valence-electron chi connectivity index (χ2n) is 7.41. The van der Waals surface area contributed by atoms with Gasteiger partial charge < -0.3 is 0 Å². The average molecular weight is 284 g/mol. The molecule has 4 heteroatoms. The van der Waals surface area contributed by atoms with Gasteiger partial charge in [0.2, 0.25) is 0 Å². The van der Waals surface area contributed by atoms with Crippen LogP contribution < -0.4 is 0 Å². The van der Waals surface area contributed by atoms with E-state index in [-0.39, 0.29) is 0 Å². The smallest absolute Gasteiger partial charge is 0.116 e. The van der Waals surface area contributed by atoms with Gasteiger partial charge in [-0.1, -0.05) is 24.3 Å². The van der Waals surface area contributed by atoms with Crippen LogP contribution in [0.5, 0.6) is 0 Å². The van der Waals surface area contributed by atoms with Crippen LogP contribution in [0.4, 0.5) is 0 Å². The highest BCUT2D eigenvalue weighted by molar-refractivity contribution is 5.07. The van der Waals surface area contributed by atoms with Gasteiger partial charge in [0.1, 0.15) is 22.4 Å². The van der Waals surface area contributed by atoms with Gasteiger partial charge in [-0.15, -0.1) is 0 Å². The lowest BCUT2D eigenvalue weighted by Crippen LogP contribution is -2.35. The fourth-order valence-corrected chi connectivity index (χ4v) is 1.34. The minimum Gasteiger partial charge on any atom is -0.226 e. The van der Waals surface area contributed by atoms with Gasteiger partial charge in [0, 0.05) is 0 Å². The lowest BCUT2D eigenvalue weighted by Gasteiger charge is -2.32. The van der Waals surface area contributed by atoms with Gasteiger partial charge in [-0.25, -0.2) is 19.6 Å². The fraction of sp³-hybridized carbons (Fsp3) is 0.750. The monoisotopic (exact) mass is 284 g/mol. The maximum absolute atomic E-state index is 5.54. The Morgan fingerprint density at radius 1 is 0.400 bits per heavy atom. The van der Waals surface area contributed by atoms with Crippen molar-refractivity contribution in [1.82, 2.24) is 0 Å². The summed E-state index contributed by atoms with van der Waals surface area (Å²) in [5, 5.41) is 0. The molecule has 0 radical (unpaired) electrons. The first kappa shape index (κ1) is 17.4. The molecule has 0 amide bonds. The van der Waals surface area contributed by atoms with Crippen molar-refractivity contribution in [2.45, 2.75) is 77.8 Å². The summed E-state index contributed by atoms with van der Waals surface area (Å²) < 4.78 is 0. The molecule has 0 unspecified atom stereocenters. The Balaban J connectivity index is 3.02. The Hall–Kier alpha value is -0.680. The molecule has 1 rings (SSSR count). The second-order valence-corrected chi connectivity index (χ2v) is 7.41. The zero-order valence-corrected chi connectivity index (χ0v) is 13.9. The van der Waals surface area contributed by atoms with Crippen molar-refractivity contribution in [3.8, 4) is 0 Å². The van der Waals surface area contributed by atoms with E-state index in [0.717, 1.165) is 0 Å². The van der Waals surface area contributed by atoms with Gasteiger partial charge in [0.05, 0.1) is 0 Å². The molecule has 0 atom stereocenters. The first-order valence-electron chi connectivity index (χ1n) is 6.97. The molecule has 0 N–H and O–H groups in total. The van der Waals surface area contributed by atoms with Crippen molar-refractivity contribution in [3.05, 3.63) is 24.3 Å². The van der Waals surface area contributed by atoms with Crippen molar-refractivity contribution < 1.29 is 19.6 Å².